The summed E-state index contributed by atoms with van der Waals surface area (Å²) in [6.45, 7) is 1.71. The average molecular weight is 306 g/mol. The van der Waals surface area contributed by atoms with Gasteiger partial charge in [-0.1, -0.05) is 29.8 Å². The molecule has 1 saturated heterocycles. The number of piperidine rings is 1. The Kier molecular flexibility index (Phi) is 4.03. The molecule has 21 heavy (non-hydrogen) atoms. The molecule has 2 N–H and O–H groups in total. The van der Waals surface area contributed by atoms with Gasteiger partial charge < -0.3 is 10.6 Å². The number of hydrogen-bond donors (Lipinski definition) is 2. The average Bonchev–Trinajstić information content (AvgIpc) is 2.49. The second kappa shape index (κ2) is 5.95. The highest BCUT2D eigenvalue weighted by molar-refractivity contribution is 6.32. The number of aliphatic imine (C=N–C) groups is 1. The first-order valence-electron chi connectivity index (χ1n) is 7.05. The molecule has 0 spiro atoms. The first kappa shape index (κ1) is 14.2. The topological polar surface area (TPSA) is 70.6 Å². The Bertz CT molecular complexity index is 609. The summed E-state index contributed by atoms with van der Waals surface area (Å²) < 4.78 is 0. The zero-order valence-corrected chi connectivity index (χ0v) is 12.2. The zero-order chi connectivity index (χ0) is 14.8. The van der Waals surface area contributed by atoms with Gasteiger partial charge in [0.05, 0.1) is 0 Å². The predicted octanol–water partition coefficient (Wildman–Crippen LogP) is 1.48. The highest BCUT2D eigenvalue weighted by Crippen LogP contribution is 2.28. The number of nitrogens with one attached hydrogen (secondary N) is 2. The number of carbonyl (C=O) groups excluding carboxylic acids is 2. The van der Waals surface area contributed by atoms with E-state index in [0.29, 0.717) is 16.4 Å². The molecule has 1 aromatic carbocycles. The van der Waals surface area contributed by atoms with Crippen molar-refractivity contribution in [3.63, 3.8) is 0 Å². The lowest BCUT2D eigenvalue weighted by Crippen LogP contribution is -2.49. The van der Waals surface area contributed by atoms with E-state index >= 15 is 0 Å². The van der Waals surface area contributed by atoms with Crippen molar-refractivity contribution >= 4 is 29.3 Å². The first-order chi connectivity index (χ1) is 10.2. The van der Waals surface area contributed by atoms with Crippen molar-refractivity contribution in [2.24, 2.45) is 10.9 Å². The standard InChI is InChI=1S/C15H16ClN3O2/c16-11-6-2-1-5-10(11)12-14(20)18-13(19-15(12)21)9-4-3-7-17-8-9/h1-2,5-6,9,12,17H,3-4,7-8H2,(H,18,19,20,21). The number of amides is 2. The minimum atomic E-state index is -0.945. The molecule has 2 unspecified atom stereocenters. The summed E-state index contributed by atoms with van der Waals surface area (Å²) in [5.74, 6) is -1.14. The monoisotopic (exact) mass is 305 g/mol. The zero-order valence-electron chi connectivity index (χ0n) is 11.4. The van der Waals surface area contributed by atoms with Crippen LogP contribution in [-0.4, -0.2) is 30.7 Å². The quantitative estimate of drug-likeness (QED) is 0.813. The number of rotatable bonds is 2. The van der Waals surface area contributed by atoms with Crippen LogP contribution >= 0.6 is 11.6 Å². The van der Waals surface area contributed by atoms with E-state index in [1.807, 2.05) is 0 Å². The predicted molar refractivity (Wildman–Crippen MR) is 80.4 cm³/mol. The van der Waals surface area contributed by atoms with Crippen LogP contribution in [0.15, 0.2) is 29.3 Å². The van der Waals surface area contributed by atoms with Crippen LogP contribution in [0.3, 0.4) is 0 Å². The van der Waals surface area contributed by atoms with Crippen LogP contribution in [-0.2, 0) is 9.59 Å². The van der Waals surface area contributed by atoms with E-state index in [-0.39, 0.29) is 11.8 Å². The van der Waals surface area contributed by atoms with Gasteiger partial charge in [-0.3, -0.25) is 9.59 Å². The number of nitrogens with zero attached hydrogens (tertiary/aromatic N) is 1. The normalized spacial score (nSPS) is 26.2. The molecule has 3 rings (SSSR count). The molecular formula is C15H16ClN3O2. The summed E-state index contributed by atoms with van der Waals surface area (Å²) in [6.07, 6.45) is 1.94. The molecule has 1 fully saturated rings. The lowest BCUT2D eigenvalue weighted by Gasteiger charge is -2.28. The van der Waals surface area contributed by atoms with Crippen LogP contribution in [0.1, 0.15) is 24.3 Å². The van der Waals surface area contributed by atoms with Crippen molar-refractivity contribution in [2.75, 3.05) is 13.1 Å². The molecule has 0 saturated carbocycles. The SMILES string of the molecule is O=C1N=C(C2CCCNC2)NC(=O)C1c1ccccc1Cl. The maximum atomic E-state index is 12.3. The van der Waals surface area contributed by atoms with Gasteiger partial charge in [0.2, 0.25) is 5.91 Å². The summed E-state index contributed by atoms with van der Waals surface area (Å²) in [5.41, 5.74) is 0.506. The van der Waals surface area contributed by atoms with Crippen LogP contribution in [0.25, 0.3) is 0 Å². The van der Waals surface area contributed by atoms with Gasteiger partial charge in [0.1, 0.15) is 11.8 Å². The Labute approximate surface area is 127 Å². The third kappa shape index (κ3) is 2.84. The smallest absolute Gasteiger partial charge is 0.264 e. The second-order valence-corrected chi connectivity index (χ2v) is 5.73. The molecule has 1 aromatic rings. The van der Waals surface area contributed by atoms with Gasteiger partial charge in [0.15, 0.2) is 0 Å². The molecule has 0 bridgehead atoms. The van der Waals surface area contributed by atoms with E-state index in [9.17, 15) is 9.59 Å². The fourth-order valence-corrected chi connectivity index (χ4v) is 3.03. The number of hydrogen-bond acceptors (Lipinski definition) is 3. The van der Waals surface area contributed by atoms with E-state index in [1.54, 1.807) is 24.3 Å². The molecule has 0 radical (unpaired) electrons. The molecule has 5 nitrogen and oxygen atoms in total. The van der Waals surface area contributed by atoms with E-state index in [2.05, 4.69) is 15.6 Å². The molecule has 2 aliphatic heterocycles. The van der Waals surface area contributed by atoms with E-state index < -0.39 is 11.8 Å². The molecule has 0 aliphatic carbocycles. The maximum Gasteiger partial charge on any atom is 0.264 e. The number of benzene rings is 1. The van der Waals surface area contributed by atoms with Gasteiger partial charge in [-0.2, -0.15) is 4.99 Å². The Balaban J connectivity index is 1.87. The molecule has 110 valence electrons. The summed E-state index contributed by atoms with van der Waals surface area (Å²) >= 11 is 6.08. The molecule has 2 heterocycles. The van der Waals surface area contributed by atoms with Gasteiger partial charge in [0.25, 0.3) is 5.91 Å². The summed E-state index contributed by atoms with van der Waals surface area (Å²) in [4.78, 5) is 28.7. The van der Waals surface area contributed by atoms with Crippen LogP contribution in [0.2, 0.25) is 5.02 Å². The van der Waals surface area contributed by atoms with Crippen molar-refractivity contribution in [3.05, 3.63) is 34.9 Å². The number of amidine groups is 1. The molecule has 0 aromatic heterocycles. The Hall–Kier alpha value is -1.72. The van der Waals surface area contributed by atoms with Gasteiger partial charge in [-0.05, 0) is 31.0 Å². The Morgan fingerprint density at radius 3 is 2.71 bits per heavy atom. The molecule has 2 amide bonds. The summed E-state index contributed by atoms with van der Waals surface area (Å²) in [6, 6.07) is 6.88. The third-order valence-corrected chi connectivity index (χ3v) is 4.24. The first-order valence-corrected chi connectivity index (χ1v) is 7.43. The highest BCUT2D eigenvalue weighted by Gasteiger charge is 2.36. The van der Waals surface area contributed by atoms with Crippen molar-refractivity contribution in [1.29, 1.82) is 0 Å². The molecule has 2 atom stereocenters. The fourth-order valence-electron chi connectivity index (χ4n) is 2.78. The Morgan fingerprint density at radius 1 is 1.24 bits per heavy atom. The van der Waals surface area contributed by atoms with Gasteiger partial charge in [-0.25, -0.2) is 0 Å². The third-order valence-electron chi connectivity index (χ3n) is 3.89. The van der Waals surface area contributed by atoms with Crippen molar-refractivity contribution < 1.29 is 9.59 Å². The molecule has 2 aliphatic rings. The van der Waals surface area contributed by atoms with Crippen molar-refractivity contribution in [1.82, 2.24) is 10.6 Å². The lowest BCUT2D eigenvalue weighted by atomic mass is 9.93. The Morgan fingerprint density at radius 2 is 2.05 bits per heavy atom. The number of carbonyl (C=O) groups is 2. The lowest BCUT2D eigenvalue weighted by molar-refractivity contribution is -0.129. The largest absolute Gasteiger partial charge is 0.316 e. The summed E-state index contributed by atoms with van der Waals surface area (Å²) in [7, 11) is 0. The minimum absolute atomic E-state index is 0.0962. The van der Waals surface area contributed by atoms with Crippen LogP contribution in [0.5, 0.6) is 0 Å². The van der Waals surface area contributed by atoms with Crippen molar-refractivity contribution in [3.8, 4) is 0 Å². The van der Waals surface area contributed by atoms with Gasteiger partial charge in [-0.15, -0.1) is 0 Å². The number of halogens is 1. The van der Waals surface area contributed by atoms with Crippen LogP contribution in [0, 0.1) is 5.92 Å². The van der Waals surface area contributed by atoms with Crippen LogP contribution < -0.4 is 10.6 Å². The van der Waals surface area contributed by atoms with Gasteiger partial charge >= 0.3 is 0 Å². The van der Waals surface area contributed by atoms with Gasteiger partial charge in [0, 0.05) is 17.5 Å². The van der Waals surface area contributed by atoms with Crippen molar-refractivity contribution in [2.45, 2.75) is 18.8 Å². The van der Waals surface area contributed by atoms with E-state index in [0.717, 1.165) is 25.9 Å². The van der Waals surface area contributed by atoms with E-state index in [4.69, 9.17) is 11.6 Å². The van der Waals surface area contributed by atoms with E-state index in [1.165, 1.54) is 0 Å². The van der Waals surface area contributed by atoms with Crippen LogP contribution in [0.4, 0.5) is 0 Å². The maximum absolute atomic E-state index is 12.3. The molecular weight excluding hydrogens is 290 g/mol. The summed E-state index contributed by atoms with van der Waals surface area (Å²) in [5, 5.41) is 6.44. The second-order valence-electron chi connectivity index (χ2n) is 5.32. The minimum Gasteiger partial charge on any atom is -0.316 e. The molecule has 6 heteroatoms. The highest BCUT2D eigenvalue weighted by atomic mass is 35.5. The fraction of sp³-hybridized carbons (Fsp3) is 0.400.